The van der Waals surface area contributed by atoms with Gasteiger partial charge in [-0.15, -0.1) is 11.8 Å². The van der Waals surface area contributed by atoms with Crippen molar-refractivity contribution < 1.29 is 5.11 Å². The second-order valence-corrected chi connectivity index (χ2v) is 4.77. The van der Waals surface area contributed by atoms with Crippen LogP contribution in [0.5, 0.6) is 0 Å². The van der Waals surface area contributed by atoms with E-state index in [9.17, 15) is 5.11 Å². The second kappa shape index (κ2) is 5.27. The zero-order valence-corrected chi connectivity index (χ0v) is 9.94. The van der Waals surface area contributed by atoms with E-state index in [1.54, 1.807) is 25.0 Å². The number of rotatable bonds is 4. The molecule has 0 bridgehead atoms. The fourth-order valence-electron chi connectivity index (χ4n) is 1.42. The van der Waals surface area contributed by atoms with Crippen LogP contribution in [-0.4, -0.2) is 26.9 Å². The van der Waals surface area contributed by atoms with Crippen molar-refractivity contribution in [2.45, 2.75) is 24.5 Å². The molecule has 1 unspecified atom stereocenters. The minimum Gasteiger partial charge on any atom is -0.393 e. The normalized spacial score (nSPS) is 12.9. The molecule has 0 spiro atoms. The van der Waals surface area contributed by atoms with Crippen molar-refractivity contribution >= 4 is 22.7 Å². The Morgan fingerprint density at radius 3 is 2.94 bits per heavy atom. The predicted octanol–water partition coefficient (Wildman–Crippen LogP) is 2.49. The minimum atomic E-state index is -0.249. The Bertz CT molecular complexity index is 468. The zero-order valence-electron chi connectivity index (χ0n) is 9.13. The highest BCUT2D eigenvalue weighted by molar-refractivity contribution is 7.99. The van der Waals surface area contributed by atoms with Gasteiger partial charge in [0.15, 0.2) is 0 Å². The molecule has 1 N–H and O–H groups in total. The number of aliphatic hydroxyl groups is 1. The van der Waals surface area contributed by atoms with Gasteiger partial charge in [-0.2, -0.15) is 0 Å². The third kappa shape index (κ3) is 2.71. The molecule has 1 aromatic carbocycles. The standard InChI is InChI=1S/C12H14N2OS/c1-9(15)6-7-16-12-10-4-2-3-5-11(10)13-8-14-12/h2-5,8-9,15H,6-7H2,1H3. The van der Waals surface area contributed by atoms with E-state index in [1.165, 1.54) is 0 Å². The fraction of sp³-hybridized carbons (Fsp3) is 0.333. The van der Waals surface area contributed by atoms with Gasteiger partial charge in [-0.3, -0.25) is 0 Å². The third-order valence-electron chi connectivity index (χ3n) is 2.28. The lowest BCUT2D eigenvalue weighted by atomic mass is 10.2. The Balaban J connectivity index is 2.17. The van der Waals surface area contributed by atoms with E-state index in [-0.39, 0.29) is 6.10 Å². The van der Waals surface area contributed by atoms with E-state index in [2.05, 4.69) is 9.97 Å². The molecule has 3 nitrogen and oxygen atoms in total. The number of benzene rings is 1. The summed E-state index contributed by atoms with van der Waals surface area (Å²) in [6.07, 6.45) is 2.12. The Kier molecular flexibility index (Phi) is 3.74. The van der Waals surface area contributed by atoms with Crippen molar-refractivity contribution in [3.63, 3.8) is 0 Å². The van der Waals surface area contributed by atoms with E-state index in [0.717, 1.165) is 28.1 Å². The Hall–Kier alpha value is -1.13. The highest BCUT2D eigenvalue weighted by atomic mass is 32.2. The van der Waals surface area contributed by atoms with Crippen LogP contribution in [0.3, 0.4) is 0 Å². The van der Waals surface area contributed by atoms with Crippen LogP contribution in [0.2, 0.25) is 0 Å². The Morgan fingerprint density at radius 1 is 1.31 bits per heavy atom. The van der Waals surface area contributed by atoms with E-state index >= 15 is 0 Å². The first-order valence-electron chi connectivity index (χ1n) is 5.28. The fourth-order valence-corrected chi connectivity index (χ4v) is 2.52. The number of aromatic nitrogens is 2. The molecular formula is C12H14N2OS. The highest BCUT2D eigenvalue weighted by Crippen LogP contribution is 2.24. The number of thioether (sulfide) groups is 1. The van der Waals surface area contributed by atoms with Crippen LogP contribution >= 0.6 is 11.8 Å². The van der Waals surface area contributed by atoms with E-state index in [0.29, 0.717) is 0 Å². The lowest BCUT2D eigenvalue weighted by Gasteiger charge is -2.05. The molecule has 0 saturated carbocycles. The van der Waals surface area contributed by atoms with Gasteiger partial charge in [0.05, 0.1) is 11.6 Å². The van der Waals surface area contributed by atoms with Gasteiger partial charge in [0, 0.05) is 11.1 Å². The molecule has 0 aliphatic heterocycles. The molecule has 0 fully saturated rings. The van der Waals surface area contributed by atoms with Crippen LogP contribution in [0.4, 0.5) is 0 Å². The number of aliphatic hydroxyl groups excluding tert-OH is 1. The first-order valence-corrected chi connectivity index (χ1v) is 6.26. The SMILES string of the molecule is CC(O)CCSc1ncnc2ccccc12. The molecule has 0 aliphatic rings. The molecule has 1 heterocycles. The first-order chi connectivity index (χ1) is 7.77. The van der Waals surface area contributed by atoms with Gasteiger partial charge in [0.25, 0.3) is 0 Å². The molecule has 0 amide bonds. The molecule has 84 valence electrons. The van der Waals surface area contributed by atoms with Crippen molar-refractivity contribution in [3.05, 3.63) is 30.6 Å². The summed E-state index contributed by atoms with van der Waals surface area (Å²) in [5, 5.41) is 11.3. The van der Waals surface area contributed by atoms with Gasteiger partial charge in [0.1, 0.15) is 11.4 Å². The highest BCUT2D eigenvalue weighted by Gasteiger charge is 2.04. The summed E-state index contributed by atoms with van der Waals surface area (Å²) >= 11 is 1.67. The maximum atomic E-state index is 9.20. The molecule has 2 rings (SSSR count). The van der Waals surface area contributed by atoms with Gasteiger partial charge >= 0.3 is 0 Å². The molecule has 1 aromatic heterocycles. The maximum Gasteiger partial charge on any atom is 0.117 e. The van der Waals surface area contributed by atoms with E-state index in [1.807, 2.05) is 24.3 Å². The summed E-state index contributed by atoms with van der Waals surface area (Å²) < 4.78 is 0. The topological polar surface area (TPSA) is 46.0 Å². The molecular weight excluding hydrogens is 220 g/mol. The monoisotopic (exact) mass is 234 g/mol. The van der Waals surface area contributed by atoms with Gasteiger partial charge in [-0.05, 0) is 19.4 Å². The second-order valence-electron chi connectivity index (χ2n) is 3.68. The van der Waals surface area contributed by atoms with Crippen LogP contribution < -0.4 is 0 Å². The smallest absolute Gasteiger partial charge is 0.117 e. The number of hydrogen-bond acceptors (Lipinski definition) is 4. The zero-order chi connectivity index (χ0) is 11.4. The van der Waals surface area contributed by atoms with Crippen molar-refractivity contribution in [3.8, 4) is 0 Å². The molecule has 0 aliphatic carbocycles. The van der Waals surface area contributed by atoms with Crippen molar-refractivity contribution in [2.75, 3.05) is 5.75 Å². The molecule has 0 saturated heterocycles. The van der Waals surface area contributed by atoms with Crippen LogP contribution in [0, 0.1) is 0 Å². The maximum absolute atomic E-state index is 9.20. The average molecular weight is 234 g/mol. The van der Waals surface area contributed by atoms with Gasteiger partial charge in [-0.1, -0.05) is 18.2 Å². The number of hydrogen-bond donors (Lipinski definition) is 1. The molecule has 16 heavy (non-hydrogen) atoms. The van der Waals surface area contributed by atoms with Crippen LogP contribution in [0.1, 0.15) is 13.3 Å². The molecule has 0 radical (unpaired) electrons. The average Bonchev–Trinajstić information content (AvgIpc) is 2.29. The minimum absolute atomic E-state index is 0.249. The van der Waals surface area contributed by atoms with E-state index < -0.39 is 0 Å². The molecule has 4 heteroatoms. The lowest BCUT2D eigenvalue weighted by Crippen LogP contribution is -2.00. The van der Waals surface area contributed by atoms with Crippen LogP contribution in [0.25, 0.3) is 10.9 Å². The summed E-state index contributed by atoms with van der Waals surface area (Å²) in [7, 11) is 0. The lowest BCUT2D eigenvalue weighted by molar-refractivity contribution is 0.192. The summed E-state index contributed by atoms with van der Waals surface area (Å²) in [6, 6.07) is 7.97. The summed E-state index contributed by atoms with van der Waals surface area (Å²) in [5.41, 5.74) is 0.969. The van der Waals surface area contributed by atoms with Gasteiger partial charge < -0.3 is 5.11 Å². The Labute approximate surface area is 98.9 Å². The molecule has 1 atom stereocenters. The van der Waals surface area contributed by atoms with E-state index in [4.69, 9.17) is 0 Å². The third-order valence-corrected chi connectivity index (χ3v) is 3.32. The van der Waals surface area contributed by atoms with Gasteiger partial charge in [-0.25, -0.2) is 9.97 Å². The van der Waals surface area contributed by atoms with Gasteiger partial charge in [0.2, 0.25) is 0 Å². The summed E-state index contributed by atoms with van der Waals surface area (Å²) in [4.78, 5) is 8.49. The predicted molar refractivity (Wildman–Crippen MR) is 66.6 cm³/mol. The number of nitrogens with zero attached hydrogens (tertiary/aromatic N) is 2. The quantitative estimate of drug-likeness (QED) is 0.652. The summed E-state index contributed by atoms with van der Waals surface area (Å²) in [5.74, 6) is 0.874. The Morgan fingerprint density at radius 2 is 2.12 bits per heavy atom. The van der Waals surface area contributed by atoms with Crippen molar-refractivity contribution in [1.82, 2.24) is 9.97 Å². The number of para-hydroxylation sites is 1. The van der Waals surface area contributed by atoms with Crippen molar-refractivity contribution in [2.24, 2.45) is 0 Å². The van der Waals surface area contributed by atoms with Crippen LogP contribution in [-0.2, 0) is 0 Å². The number of fused-ring (bicyclic) bond motifs is 1. The largest absolute Gasteiger partial charge is 0.393 e. The van der Waals surface area contributed by atoms with Crippen molar-refractivity contribution in [1.29, 1.82) is 0 Å². The molecule has 2 aromatic rings. The summed E-state index contributed by atoms with van der Waals surface area (Å²) in [6.45, 7) is 1.80. The van der Waals surface area contributed by atoms with Crippen LogP contribution in [0.15, 0.2) is 35.6 Å². The first kappa shape index (κ1) is 11.4.